The summed E-state index contributed by atoms with van der Waals surface area (Å²) >= 11 is 12.1. The molecule has 1 aliphatic heterocycles. The number of aliphatic hydroxyl groups excluding tert-OH is 1. The molecule has 1 fully saturated rings. The summed E-state index contributed by atoms with van der Waals surface area (Å²) in [5.41, 5.74) is 0.643. The molecule has 1 atom stereocenters. The van der Waals surface area contributed by atoms with Gasteiger partial charge in [0.2, 0.25) is 0 Å². The second-order valence-corrected chi connectivity index (χ2v) is 5.61. The van der Waals surface area contributed by atoms with Gasteiger partial charge >= 0.3 is 6.18 Å². The van der Waals surface area contributed by atoms with Crippen LogP contribution in [0.3, 0.4) is 0 Å². The number of rotatable bonds is 3. The van der Waals surface area contributed by atoms with Crippen LogP contribution in [0.5, 0.6) is 0 Å². The highest BCUT2D eigenvalue weighted by atomic mass is 35.5. The van der Waals surface area contributed by atoms with Crippen molar-refractivity contribution in [1.29, 1.82) is 0 Å². The van der Waals surface area contributed by atoms with E-state index in [9.17, 15) is 13.2 Å². The van der Waals surface area contributed by atoms with E-state index in [0.717, 1.165) is 0 Å². The molecule has 1 N–H and O–H groups in total. The molecule has 0 radical (unpaired) electrons. The molecule has 0 bridgehead atoms. The number of pyridine rings is 1. The molecule has 2 rings (SSSR count). The summed E-state index contributed by atoms with van der Waals surface area (Å²) < 4.78 is 37.0. The summed E-state index contributed by atoms with van der Waals surface area (Å²) in [6.45, 7) is 1.32. The van der Waals surface area contributed by atoms with Crippen molar-refractivity contribution in [1.82, 2.24) is 9.88 Å². The lowest BCUT2D eigenvalue weighted by molar-refractivity contribution is -0.208. The highest BCUT2D eigenvalue weighted by molar-refractivity contribution is 6.38. The highest BCUT2D eigenvalue weighted by Gasteiger charge is 2.39. The molecule has 0 aliphatic carbocycles. The van der Waals surface area contributed by atoms with Crippen molar-refractivity contribution in [3.63, 3.8) is 0 Å². The molecule has 1 aliphatic rings. The maximum Gasteiger partial charge on any atom is 0.415 e. The molecule has 21 heavy (non-hydrogen) atoms. The Labute approximate surface area is 130 Å². The Morgan fingerprint density at radius 1 is 1.14 bits per heavy atom. The molecule has 1 aromatic heterocycles. The van der Waals surface area contributed by atoms with E-state index in [-0.39, 0.29) is 0 Å². The zero-order valence-corrected chi connectivity index (χ0v) is 12.5. The van der Waals surface area contributed by atoms with Crippen molar-refractivity contribution in [3.05, 3.63) is 22.4 Å². The molecule has 4 nitrogen and oxygen atoms in total. The summed E-state index contributed by atoms with van der Waals surface area (Å²) in [4.78, 5) is 7.33. The van der Waals surface area contributed by atoms with E-state index in [4.69, 9.17) is 28.3 Å². The first-order chi connectivity index (χ1) is 9.79. The number of β-amino-alcohol motifs (C(OH)–C–C–N with tert-alkyl or cyclic N) is 1. The van der Waals surface area contributed by atoms with Crippen molar-refractivity contribution in [2.45, 2.75) is 12.3 Å². The second kappa shape index (κ2) is 6.56. The lowest BCUT2D eigenvalue weighted by Gasteiger charge is -2.37. The monoisotopic (exact) mass is 343 g/mol. The van der Waals surface area contributed by atoms with Gasteiger partial charge in [0.15, 0.2) is 6.10 Å². The van der Waals surface area contributed by atoms with E-state index in [1.54, 1.807) is 4.90 Å². The molecule has 0 aromatic carbocycles. The van der Waals surface area contributed by atoms with E-state index in [0.29, 0.717) is 41.9 Å². The van der Waals surface area contributed by atoms with Crippen LogP contribution in [0.25, 0.3) is 0 Å². The summed E-state index contributed by atoms with van der Waals surface area (Å²) in [6.07, 6.45) is -3.96. The first kappa shape index (κ1) is 16.6. The number of piperazine rings is 1. The molecule has 0 unspecified atom stereocenters. The molecular weight excluding hydrogens is 330 g/mol. The maximum absolute atomic E-state index is 12.3. The zero-order valence-electron chi connectivity index (χ0n) is 10.9. The Morgan fingerprint density at radius 3 is 2.14 bits per heavy atom. The predicted molar refractivity (Wildman–Crippen MR) is 75.0 cm³/mol. The van der Waals surface area contributed by atoms with Gasteiger partial charge < -0.3 is 10.0 Å². The Hall–Kier alpha value is -0.760. The Balaban J connectivity index is 1.95. The first-order valence-corrected chi connectivity index (χ1v) is 7.05. The number of halogens is 5. The van der Waals surface area contributed by atoms with Gasteiger partial charge in [0.25, 0.3) is 0 Å². The van der Waals surface area contributed by atoms with Gasteiger partial charge in [-0.15, -0.1) is 0 Å². The number of nitrogens with zero attached hydrogens (tertiary/aromatic N) is 3. The molecule has 0 amide bonds. The van der Waals surface area contributed by atoms with Gasteiger partial charge in [-0.2, -0.15) is 13.2 Å². The number of aromatic nitrogens is 1. The van der Waals surface area contributed by atoms with Crippen LogP contribution in [0.4, 0.5) is 18.9 Å². The molecule has 0 saturated carbocycles. The van der Waals surface area contributed by atoms with E-state index in [1.807, 2.05) is 4.90 Å². The van der Waals surface area contributed by atoms with Gasteiger partial charge in [0, 0.05) is 45.1 Å². The molecular formula is C12H14Cl2F3N3O. The van der Waals surface area contributed by atoms with E-state index in [2.05, 4.69) is 4.98 Å². The Morgan fingerprint density at radius 2 is 1.67 bits per heavy atom. The third kappa shape index (κ3) is 4.12. The molecule has 9 heteroatoms. The van der Waals surface area contributed by atoms with E-state index >= 15 is 0 Å². The molecule has 118 valence electrons. The largest absolute Gasteiger partial charge is 0.415 e. The van der Waals surface area contributed by atoms with Gasteiger partial charge in [0.1, 0.15) is 0 Å². The molecule has 2 heterocycles. The maximum atomic E-state index is 12.3. The first-order valence-electron chi connectivity index (χ1n) is 6.30. The zero-order chi connectivity index (χ0) is 15.6. The quantitative estimate of drug-likeness (QED) is 0.914. The van der Waals surface area contributed by atoms with Crippen LogP contribution in [0.2, 0.25) is 10.0 Å². The van der Waals surface area contributed by atoms with Gasteiger partial charge in [-0.05, 0) is 0 Å². The summed E-state index contributed by atoms with van der Waals surface area (Å²) in [5, 5.41) is 9.90. The SMILES string of the molecule is O[C@@H](CN1CCN(c2c(Cl)cncc2Cl)CC1)C(F)(F)F. The van der Waals surface area contributed by atoms with Crippen LogP contribution in [0.15, 0.2) is 12.4 Å². The average molecular weight is 344 g/mol. The number of hydrogen-bond donors (Lipinski definition) is 1. The van der Waals surface area contributed by atoms with Gasteiger partial charge in [-0.3, -0.25) is 9.88 Å². The van der Waals surface area contributed by atoms with Crippen LogP contribution >= 0.6 is 23.2 Å². The van der Waals surface area contributed by atoms with Crippen molar-refractivity contribution < 1.29 is 18.3 Å². The molecule has 1 saturated heterocycles. The van der Waals surface area contributed by atoms with Crippen LogP contribution in [0, 0.1) is 0 Å². The summed E-state index contributed by atoms with van der Waals surface area (Å²) in [6, 6.07) is 0. The Bertz CT molecular complexity index is 473. The molecule has 0 spiro atoms. The van der Waals surface area contributed by atoms with Crippen LogP contribution in [-0.4, -0.2) is 60.0 Å². The van der Waals surface area contributed by atoms with Gasteiger partial charge in [0.05, 0.1) is 15.7 Å². The Kier molecular flexibility index (Phi) is 5.19. The fourth-order valence-corrected chi connectivity index (χ4v) is 2.81. The van der Waals surface area contributed by atoms with Crippen molar-refractivity contribution in [2.24, 2.45) is 0 Å². The lowest BCUT2D eigenvalue weighted by Crippen LogP contribution is -2.50. The van der Waals surface area contributed by atoms with Crippen LogP contribution in [0.1, 0.15) is 0 Å². The number of anilines is 1. The predicted octanol–water partition coefficient (Wildman–Crippen LogP) is 2.43. The van der Waals surface area contributed by atoms with E-state index < -0.39 is 18.8 Å². The summed E-state index contributed by atoms with van der Waals surface area (Å²) in [7, 11) is 0. The second-order valence-electron chi connectivity index (χ2n) is 4.80. The van der Waals surface area contributed by atoms with E-state index in [1.165, 1.54) is 12.4 Å². The van der Waals surface area contributed by atoms with Crippen LogP contribution in [-0.2, 0) is 0 Å². The third-order valence-corrected chi connectivity index (χ3v) is 3.88. The summed E-state index contributed by atoms with van der Waals surface area (Å²) in [5.74, 6) is 0. The number of aliphatic hydroxyl groups is 1. The molecule has 1 aromatic rings. The smallest absolute Gasteiger partial charge is 0.382 e. The number of hydrogen-bond acceptors (Lipinski definition) is 4. The minimum Gasteiger partial charge on any atom is -0.382 e. The highest BCUT2D eigenvalue weighted by Crippen LogP contribution is 2.33. The standard InChI is InChI=1S/C12H14Cl2F3N3O/c13-8-5-18-6-9(14)11(8)20-3-1-19(2-4-20)7-10(21)12(15,16)17/h5-6,10,21H,1-4,7H2/t10-/m0/s1. The third-order valence-electron chi connectivity index (χ3n) is 3.33. The fourth-order valence-electron chi connectivity index (χ4n) is 2.21. The van der Waals surface area contributed by atoms with Crippen molar-refractivity contribution in [2.75, 3.05) is 37.6 Å². The fraction of sp³-hybridized carbons (Fsp3) is 0.583. The average Bonchev–Trinajstić information content (AvgIpc) is 2.39. The van der Waals surface area contributed by atoms with Crippen LogP contribution < -0.4 is 4.90 Å². The van der Waals surface area contributed by atoms with Crippen molar-refractivity contribution in [3.8, 4) is 0 Å². The topological polar surface area (TPSA) is 39.6 Å². The van der Waals surface area contributed by atoms with Gasteiger partial charge in [-0.1, -0.05) is 23.2 Å². The minimum absolute atomic E-state index is 0.391. The van der Waals surface area contributed by atoms with Gasteiger partial charge in [-0.25, -0.2) is 0 Å². The lowest BCUT2D eigenvalue weighted by atomic mass is 10.2. The number of alkyl halides is 3. The van der Waals surface area contributed by atoms with Crippen molar-refractivity contribution >= 4 is 28.9 Å². The normalized spacial score (nSPS) is 18.9. The minimum atomic E-state index is -4.59.